The maximum Gasteiger partial charge on any atom is 0.496 e. The summed E-state index contributed by atoms with van der Waals surface area (Å²) in [4.78, 5) is 4.38. The number of nitrogens with zero attached hydrogens (tertiary/aromatic N) is 2. The van der Waals surface area contributed by atoms with Gasteiger partial charge in [-0.1, -0.05) is 6.42 Å². The van der Waals surface area contributed by atoms with Crippen LogP contribution in [0.15, 0.2) is 12.3 Å². The average Bonchev–Trinajstić information content (AvgIpc) is 2.77. The minimum Gasteiger partial charge on any atom is -0.473 e. The molecule has 2 aliphatic rings. The molecule has 0 amide bonds. The normalized spacial score (nSPS) is 23.0. The Morgan fingerprint density at radius 1 is 1.17 bits per heavy atom. The standard InChI is InChI=1S/C18H25BN2O3/c1-17(2)18(3,4)24-19(23-17)14-10-13(11-20)16(21-12-14)22-15-8-6-5-7-9-15/h10,12,15H,5-9H2,1-4H3. The highest BCUT2D eigenvalue weighted by Gasteiger charge is 2.51. The lowest BCUT2D eigenvalue weighted by Crippen LogP contribution is -2.41. The lowest BCUT2D eigenvalue weighted by molar-refractivity contribution is 0.00578. The summed E-state index contributed by atoms with van der Waals surface area (Å²) in [6.07, 6.45) is 7.55. The first-order valence-corrected chi connectivity index (χ1v) is 8.75. The molecule has 0 aromatic carbocycles. The first kappa shape index (κ1) is 17.3. The van der Waals surface area contributed by atoms with Gasteiger partial charge in [0.25, 0.3) is 0 Å². The number of aromatic nitrogens is 1. The number of rotatable bonds is 3. The van der Waals surface area contributed by atoms with Gasteiger partial charge in [0.05, 0.1) is 11.2 Å². The van der Waals surface area contributed by atoms with Crippen LogP contribution in [0.2, 0.25) is 0 Å². The molecular weight excluding hydrogens is 303 g/mol. The van der Waals surface area contributed by atoms with E-state index in [1.54, 1.807) is 12.3 Å². The molecule has 2 fully saturated rings. The van der Waals surface area contributed by atoms with Crippen molar-refractivity contribution in [1.29, 1.82) is 5.26 Å². The van der Waals surface area contributed by atoms with E-state index in [2.05, 4.69) is 11.1 Å². The molecule has 1 aromatic rings. The predicted octanol–water partition coefficient (Wildman–Crippen LogP) is 2.96. The van der Waals surface area contributed by atoms with Gasteiger partial charge in [0.15, 0.2) is 0 Å². The molecular formula is C18H25BN2O3. The van der Waals surface area contributed by atoms with E-state index in [4.69, 9.17) is 14.0 Å². The summed E-state index contributed by atoms with van der Waals surface area (Å²) in [7, 11) is -0.515. The topological polar surface area (TPSA) is 64.4 Å². The summed E-state index contributed by atoms with van der Waals surface area (Å²) >= 11 is 0. The van der Waals surface area contributed by atoms with Gasteiger partial charge in [0.1, 0.15) is 17.7 Å². The third kappa shape index (κ3) is 3.29. The van der Waals surface area contributed by atoms with Gasteiger partial charge in [0.2, 0.25) is 5.88 Å². The smallest absolute Gasteiger partial charge is 0.473 e. The lowest BCUT2D eigenvalue weighted by atomic mass is 9.80. The van der Waals surface area contributed by atoms with Gasteiger partial charge in [-0.3, -0.25) is 0 Å². The molecule has 0 unspecified atom stereocenters. The summed E-state index contributed by atoms with van der Waals surface area (Å²) in [5.41, 5.74) is 0.359. The van der Waals surface area contributed by atoms with Crippen LogP contribution < -0.4 is 10.2 Å². The van der Waals surface area contributed by atoms with Gasteiger partial charge in [-0.2, -0.15) is 5.26 Å². The van der Waals surface area contributed by atoms with E-state index in [1.165, 1.54) is 19.3 Å². The summed E-state index contributed by atoms with van der Waals surface area (Å²) < 4.78 is 18.0. The van der Waals surface area contributed by atoms with Crippen LogP contribution >= 0.6 is 0 Å². The molecule has 0 radical (unpaired) electrons. The summed E-state index contributed by atoms with van der Waals surface area (Å²) in [5.74, 6) is 0.421. The molecule has 1 saturated carbocycles. The van der Waals surface area contributed by atoms with E-state index in [0.29, 0.717) is 11.4 Å². The van der Waals surface area contributed by atoms with Crippen molar-refractivity contribution >= 4 is 12.6 Å². The third-order valence-corrected chi connectivity index (χ3v) is 5.35. The van der Waals surface area contributed by atoms with E-state index < -0.39 is 18.3 Å². The Labute approximate surface area is 144 Å². The molecule has 0 bridgehead atoms. The molecule has 5 nitrogen and oxygen atoms in total. The van der Waals surface area contributed by atoms with Gasteiger partial charge in [-0.05, 0) is 59.4 Å². The van der Waals surface area contributed by atoms with Gasteiger partial charge in [-0.15, -0.1) is 0 Å². The number of nitriles is 1. The molecule has 0 atom stereocenters. The van der Waals surface area contributed by atoms with E-state index in [9.17, 15) is 5.26 Å². The third-order valence-electron chi connectivity index (χ3n) is 5.35. The van der Waals surface area contributed by atoms with E-state index >= 15 is 0 Å². The highest BCUT2D eigenvalue weighted by molar-refractivity contribution is 6.62. The van der Waals surface area contributed by atoms with Crippen molar-refractivity contribution in [2.45, 2.75) is 77.1 Å². The van der Waals surface area contributed by atoms with Gasteiger partial charge >= 0.3 is 7.12 Å². The maximum absolute atomic E-state index is 9.47. The molecule has 128 valence electrons. The molecule has 0 N–H and O–H groups in total. The minimum absolute atomic E-state index is 0.168. The number of pyridine rings is 1. The molecule has 1 aromatic heterocycles. The van der Waals surface area contributed by atoms with Crippen LogP contribution in [-0.2, 0) is 9.31 Å². The molecule has 1 aliphatic carbocycles. The Balaban J connectivity index is 1.78. The zero-order chi connectivity index (χ0) is 17.4. The number of ether oxygens (including phenoxy) is 1. The first-order chi connectivity index (χ1) is 11.3. The second-order valence-electron chi connectivity index (χ2n) is 7.70. The Kier molecular flexibility index (Phi) is 4.59. The van der Waals surface area contributed by atoms with Crippen LogP contribution in [0.4, 0.5) is 0 Å². The highest BCUT2D eigenvalue weighted by Crippen LogP contribution is 2.36. The van der Waals surface area contributed by atoms with Gasteiger partial charge in [0, 0.05) is 11.7 Å². The second kappa shape index (κ2) is 6.38. The van der Waals surface area contributed by atoms with Crippen LogP contribution in [0.1, 0.15) is 65.4 Å². The van der Waals surface area contributed by atoms with Crippen LogP contribution in [0.25, 0.3) is 0 Å². The van der Waals surface area contributed by atoms with Crippen LogP contribution in [0.5, 0.6) is 5.88 Å². The number of hydrogen-bond donors (Lipinski definition) is 0. The van der Waals surface area contributed by atoms with Crippen LogP contribution in [0, 0.1) is 11.3 Å². The molecule has 24 heavy (non-hydrogen) atoms. The lowest BCUT2D eigenvalue weighted by Gasteiger charge is -2.32. The van der Waals surface area contributed by atoms with Crippen LogP contribution in [-0.4, -0.2) is 29.4 Å². The van der Waals surface area contributed by atoms with Crippen molar-refractivity contribution in [2.24, 2.45) is 0 Å². The minimum atomic E-state index is -0.515. The largest absolute Gasteiger partial charge is 0.496 e. The first-order valence-electron chi connectivity index (χ1n) is 8.75. The average molecular weight is 328 g/mol. The molecule has 1 saturated heterocycles. The molecule has 3 rings (SSSR count). The quantitative estimate of drug-likeness (QED) is 0.798. The van der Waals surface area contributed by atoms with Crippen molar-refractivity contribution in [3.05, 3.63) is 17.8 Å². The second-order valence-corrected chi connectivity index (χ2v) is 7.70. The monoisotopic (exact) mass is 328 g/mol. The van der Waals surface area contributed by atoms with Crippen molar-refractivity contribution in [2.75, 3.05) is 0 Å². The Morgan fingerprint density at radius 2 is 1.79 bits per heavy atom. The van der Waals surface area contributed by atoms with Crippen LogP contribution in [0.3, 0.4) is 0 Å². The fraction of sp³-hybridized carbons (Fsp3) is 0.667. The van der Waals surface area contributed by atoms with E-state index in [0.717, 1.165) is 18.3 Å². The highest BCUT2D eigenvalue weighted by atomic mass is 16.7. The maximum atomic E-state index is 9.47. The zero-order valence-electron chi connectivity index (χ0n) is 15.0. The van der Waals surface area contributed by atoms with Crippen molar-refractivity contribution in [3.63, 3.8) is 0 Å². The van der Waals surface area contributed by atoms with Gasteiger partial charge in [-0.25, -0.2) is 4.98 Å². The Morgan fingerprint density at radius 3 is 2.38 bits per heavy atom. The fourth-order valence-electron chi connectivity index (χ4n) is 3.09. The zero-order valence-corrected chi connectivity index (χ0v) is 15.0. The molecule has 2 heterocycles. The van der Waals surface area contributed by atoms with Crippen molar-refractivity contribution in [3.8, 4) is 11.9 Å². The van der Waals surface area contributed by atoms with E-state index in [-0.39, 0.29) is 6.10 Å². The SMILES string of the molecule is CC1(C)OB(c2cnc(OC3CCCCC3)c(C#N)c2)OC1(C)C. The summed E-state index contributed by atoms with van der Waals surface area (Å²) in [5, 5.41) is 9.47. The summed E-state index contributed by atoms with van der Waals surface area (Å²) in [6, 6.07) is 3.96. The van der Waals surface area contributed by atoms with E-state index in [1.807, 2.05) is 27.7 Å². The Bertz CT molecular complexity index is 632. The molecule has 0 spiro atoms. The number of hydrogen-bond acceptors (Lipinski definition) is 5. The summed E-state index contributed by atoms with van der Waals surface area (Å²) in [6.45, 7) is 8.02. The fourth-order valence-corrected chi connectivity index (χ4v) is 3.09. The van der Waals surface area contributed by atoms with Crippen molar-refractivity contribution in [1.82, 2.24) is 4.98 Å². The predicted molar refractivity (Wildman–Crippen MR) is 92.2 cm³/mol. The molecule has 1 aliphatic heterocycles. The van der Waals surface area contributed by atoms with Crippen molar-refractivity contribution < 1.29 is 14.0 Å². The molecule has 6 heteroatoms. The van der Waals surface area contributed by atoms with Gasteiger partial charge < -0.3 is 14.0 Å². The Hall–Kier alpha value is -1.58.